The average molecular weight is 325 g/mol. The second-order valence-corrected chi connectivity index (χ2v) is 4.96. The summed E-state index contributed by atoms with van der Waals surface area (Å²) in [5, 5.41) is 10.6. The number of nitrogens with zero attached hydrogens (tertiary/aromatic N) is 4. The molecule has 0 radical (unpaired) electrons. The van der Waals surface area contributed by atoms with Crippen LogP contribution in [0.2, 0.25) is 0 Å². The van der Waals surface area contributed by atoms with Gasteiger partial charge in [0, 0.05) is 18.2 Å². The molecule has 0 spiro atoms. The Morgan fingerprint density at radius 2 is 2.00 bits per heavy atom. The van der Waals surface area contributed by atoms with Crippen molar-refractivity contribution >= 4 is 5.91 Å². The lowest BCUT2D eigenvalue weighted by molar-refractivity contribution is 0.0912. The van der Waals surface area contributed by atoms with Crippen molar-refractivity contribution < 1.29 is 9.32 Å². The van der Waals surface area contributed by atoms with E-state index < -0.39 is 5.91 Å². The van der Waals surface area contributed by atoms with Gasteiger partial charge < -0.3 is 9.84 Å². The van der Waals surface area contributed by atoms with Crippen LogP contribution >= 0.6 is 0 Å². The van der Waals surface area contributed by atoms with Gasteiger partial charge in [0.1, 0.15) is 6.54 Å². The van der Waals surface area contributed by atoms with Gasteiger partial charge in [-0.15, -0.1) is 0 Å². The topological polar surface area (TPSA) is 103 Å². The Hall–Kier alpha value is -3.29. The zero-order valence-corrected chi connectivity index (χ0v) is 13.0. The summed E-state index contributed by atoms with van der Waals surface area (Å²) in [4.78, 5) is 27.6. The van der Waals surface area contributed by atoms with Crippen LogP contribution in [0.25, 0.3) is 11.3 Å². The van der Waals surface area contributed by atoms with E-state index in [2.05, 4.69) is 20.6 Å². The van der Waals surface area contributed by atoms with Crippen molar-refractivity contribution in [3.8, 4) is 11.3 Å². The molecule has 3 rings (SSSR count). The van der Waals surface area contributed by atoms with Gasteiger partial charge in [-0.05, 0) is 13.0 Å². The second-order valence-electron chi connectivity index (χ2n) is 4.96. The maximum atomic E-state index is 12.0. The summed E-state index contributed by atoms with van der Waals surface area (Å²) in [5.74, 6) is -0.384. The van der Waals surface area contributed by atoms with Gasteiger partial charge in [0.25, 0.3) is 5.56 Å². The Morgan fingerprint density at radius 1 is 1.21 bits per heavy atom. The molecule has 0 aliphatic heterocycles. The van der Waals surface area contributed by atoms with E-state index in [0.29, 0.717) is 12.2 Å². The lowest BCUT2D eigenvalue weighted by Crippen LogP contribution is -2.24. The molecule has 0 fully saturated rings. The molecule has 24 heavy (non-hydrogen) atoms. The minimum atomic E-state index is -0.449. The van der Waals surface area contributed by atoms with Gasteiger partial charge in [-0.3, -0.25) is 9.59 Å². The monoisotopic (exact) mass is 325 g/mol. The molecule has 122 valence electrons. The van der Waals surface area contributed by atoms with Crippen LogP contribution in [0.4, 0.5) is 0 Å². The molecule has 0 saturated carbocycles. The molecule has 3 aromatic rings. The van der Waals surface area contributed by atoms with Crippen molar-refractivity contribution in [3.05, 3.63) is 64.5 Å². The van der Waals surface area contributed by atoms with Crippen LogP contribution in [0.5, 0.6) is 0 Å². The second kappa shape index (κ2) is 6.86. The molecule has 0 aliphatic carbocycles. The van der Waals surface area contributed by atoms with E-state index >= 15 is 0 Å². The maximum Gasteiger partial charge on any atom is 0.316 e. The number of hydrogen-bond acceptors (Lipinski definition) is 6. The third kappa shape index (κ3) is 3.37. The van der Waals surface area contributed by atoms with Crippen molar-refractivity contribution in [3.63, 3.8) is 0 Å². The smallest absolute Gasteiger partial charge is 0.316 e. The number of nitrogens with one attached hydrogen (secondary N) is 1. The fraction of sp³-hybridized carbons (Fsp3) is 0.188. The molecule has 8 heteroatoms. The van der Waals surface area contributed by atoms with Crippen molar-refractivity contribution in [2.45, 2.75) is 13.5 Å². The Labute approximate surface area is 137 Å². The van der Waals surface area contributed by atoms with Gasteiger partial charge >= 0.3 is 11.8 Å². The summed E-state index contributed by atoms with van der Waals surface area (Å²) in [5.41, 5.74) is 1.25. The summed E-state index contributed by atoms with van der Waals surface area (Å²) < 4.78 is 6.12. The Balaban J connectivity index is 1.85. The first-order valence-electron chi connectivity index (χ1n) is 7.41. The molecular weight excluding hydrogens is 310 g/mol. The molecule has 2 heterocycles. The number of carbonyl (C=O) groups is 1. The van der Waals surface area contributed by atoms with Crippen LogP contribution in [-0.4, -0.2) is 32.4 Å². The molecule has 0 saturated heterocycles. The fourth-order valence-corrected chi connectivity index (χ4v) is 2.11. The zero-order chi connectivity index (χ0) is 16.9. The van der Waals surface area contributed by atoms with E-state index in [1.54, 1.807) is 13.0 Å². The lowest BCUT2D eigenvalue weighted by atomic mass is 10.1. The van der Waals surface area contributed by atoms with Crippen LogP contribution in [0, 0.1) is 0 Å². The highest BCUT2D eigenvalue weighted by atomic mass is 16.5. The molecule has 0 atom stereocenters. The third-order valence-electron chi connectivity index (χ3n) is 3.23. The predicted molar refractivity (Wildman–Crippen MR) is 85.3 cm³/mol. The Bertz CT molecular complexity index is 901. The summed E-state index contributed by atoms with van der Waals surface area (Å²) in [6.45, 7) is 2.26. The molecule has 1 aromatic carbocycles. The van der Waals surface area contributed by atoms with Gasteiger partial charge in [0.15, 0.2) is 5.82 Å². The highest BCUT2D eigenvalue weighted by Gasteiger charge is 2.15. The first-order valence-corrected chi connectivity index (χ1v) is 7.41. The van der Waals surface area contributed by atoms with Crippen molar-refractivity contribution in [1.29, 1.82) is 0 Å². The standard InChI is InChI=1S/C16H15N5O3/c1-2-17-15(23)16-18-13(20-24-16)10-21-14(22)9-8-12(19-21)11-6-4-3-5-7-11/h3-9H,2,10H2,1H3,(H,17,23). The quantitative estimate of drug-likeness (QED) is 0.753. The summed E-state index contributed by atoms with van der Waals surface area (Å²) >= 11 is 0. The van der Waals surface area contributed by atoms with Crippen LogP contribution in [0.1, 0.15) is 23.4 Å². The fourth-order valence-electron chi connectivity index (χ4n) is 2.11. The number of amides is 1. The predicted octanol–water partition coefficient (Wildman–Crippen LogP) is 1.09. The summed E-state index contributed by atoms with van der Waals surface area (Å²) in [6.07, 6.45) is 0. The van der Waals surface area contributed by atoms with Crippen molar-refractivity contribution in [2.24, 2.45) is 0 Å². The van der Waals surface area contributed by atoms with Crippen molar-refractivity contribution in [1.82, 2.24) is 25.2 Å². The van der Waals surface area contributed by atoms with Crippen LogP contribution in [0.3, 0.4) is 0 Å². The number of benzene rings is 1. The first-order chi connectivity index (χ1) is 11.7. The van der Waals surface area contributed by atoms with Gasteiger partial charge in [-0.1, -0.05) is 35.5 Å². The van der Waals surface area contributed by atoms with E-state index in [1.165, 1.54) is 10.7 Å². The average Bonchev–Trinajstić information content (AvgIpc) is 3.07. The highest BCUT2D eigenvalue weighted by Crippen LogP contribution is 2.14. The maximum absolute atomic E-state index is 12.0. The van der Waals surface area contributed by atoms with E-state index in [0.717, 1.165) is 5.56 Å². The SMILES string of the molecule is CCNC(=O)c1nc(Cn2nc(-c3ccccc3)ccc2=O)no1. The zero-order valence-electron chi connectivity index (χ0n) is 13.0. The van der Waals surface area contributed by atoms with E-state index in [4.69, 9.17) is 4.52 Å². The largest absolute Gasteiger partial charge is 0.348 e. The number of hydrogen-bond donors (Lipinski definition) is 1. The van der Waals surface area contributed by atoms with Gasteiger partial charge in [0.05, 0.1) is 5.69 Å². The van der Waals surface area contributed by atoms with Crippen LogP contribution < -0.4 is 10.9 Å². The molecule has 0 unspecified atom stereocenters. The molecule has 2 aromatic heterocycles. The van der Waals surface area contributed by atoms with Gasteiger partial charge in [0.2, 0.25) is 0 Å². The highest BCUT2D eigenvalue weighted by molar-refractivity contribution is 5.89. The van der Waals surface area contributed by atoms with E-state index in [-0.39, 0.29) is 23.8 Å². The van der Waals surface area contributed by atoms with Crippen LogP contribution in [0.15, 0.2) is 51.8 Å². The van der Waals surface area contributed by atoms with E-state index in [9.17, 15) is 9.59 Å². The third-order valence-corrected chi connectivity index (χ3v) is 3.23. The Kier molecular flexibility index (Phi) is 4.46. The minimum Gasteiger partial charge on any atom is -0.348 e. The van der Waals surface area contributed by atoms with Gasteiger partial charge in [-0.2, -0.15) is 10.1 Å². The molecule has 8 nitrogen and oxygen atoms in total. The van der Waals surface area contributed by atoms with Crippen molar-refractivity contribution in [2.75, 3.05) is 6.54 Å². The number of aromatic nitrogens is 4. The molecule has 0 bridgehead atoms. The minimum absolute atomic E-state index is 0.0163. The number of carbonyl (C=O) groups excluding carboxylic acids is 1. The molecule has 1 N–H and O–H groups in total. The normalized spacial score (nSPS) is 10.5. The van der Waals surface area contributed by atoms with E-state index in [1.807, 2.05) is 30.3 Å². The molecular formula is C16H15N5O3. The molecule has 0 aliphatic rings. The number of rotatable bonds is 5. The molecule has 1 amide bonds. The first kappa shape index (κ1) is 15.6. The summed E-state index contributed by atoms with van der Waals surface area (Å²) in [6, 6.07) is 12.6. The lowest BCUT2D eigenvalue weighted by Gasteiger charge is -2.04. The Morgan fingerprint density at radius 3 is 2.75 bits per heavy atom. The summed E-state index contributed by atoms with van der Waals surface area (Å²) in [7, 11) is 0. The van der Waals surface area contributed by atoms with Gasteiger partial charge in [-0.25, -0.2) is 4.68 Å². The van der Waals surface area contributed by atoms with Crippen LogP contribution in [-0.2, 0) is 6.54 Å².